The number of hydrogen-bond acceptors (Lipinski definition) is 5. The second-order valence-corrected chi connectivity index (χ2v) is 4.73. The van der Waals surface area contributed by atoms with E-state index in [-0.39, 0.29) is 5.97 Å². The summed E-state index contributed by atoms with van der Waals surface area (Å²) in [6.45, 7) is 4.17. The number of carbonyl (C=O) groups is 1. The van der Waals surface area contributed by atoms with Crippen molar-refractivity contribution in [3.63, 3.8) is 0 Å². The Balaban J connectivity index is 2.23. The number of nitrogens with two attached hydrogens (primary N) is 1. The van der Waals surface area contributed by atoms with Gasteiger partial charge < -0.3 is 10.5 Å². The van der Waals surface area contributed by atoms with Crippen LogP contribution >= 0.6 is 0 Å². The van der Waals surface area contributed by atoms with Crippen molar-refractivity contribution in [1.29, 1.82) is 0 Å². The lowest BCUT2D eigenvalue weighted by Gasteiger charge is -2.14. The van der Waals surface area contributed by atoms with Crippen LogP contribution in [0.15, 0.2) is 30.6 Å². The van der Waals surface area contributed by atoms with Crippen molar-refractivity contribution in [3.8, 4) is 11.4 Å². The molecule has 2 rings (SSSR count). The maximum Gasteiger partial charge on any atom is 0.330 e. The number of carbonyl (C=O) groups excluding carboxylic acids is 1. The van der Waals surface area contributed by atoms with Crippen LogP contribution in [-0.4, -0.2) is 27.3 Å². The summed E-state index contributed by atoms with van der Waals surface area (Å²) in [5.74, 6) is 0.300. The zero-order valence-corrected chi connectivity index (χ0v) is 12.3. The summed E-state index contributed by atoms with van der Waals surface area (Å²) in [5, 5.41) is 4.40. The van der Waals surface area contributed by atoms with Crippen LogP contribution in [0.4, 0.5) is 5.69 Å². The molecule has 6 heteroatoms. The van der Waals surface area contributed by atoms with E-state index in [4.69, 9.17) is 10.5 Å². The highest BCUT2D eigenvalue weighted by Crippen LogP contribution is 2.19. The Bertz CT molecular complexity index is 592. The number of hydrogen-bond donors (Lipinski definition) is 1. The van der Waals surface area contributed by atoms with E-state index in [1.54, 1.807) is 30.1 Å². The van der Waals surface area contributed by atoms with Gasteiger partial charge in [0, 0.05) is 11.3 Å². The first-order valence-electron chi connectivity index (χ1n) is 7.09. The number of anilines is 1. The van der Waals surface area contributed by atoms with Crippen LogP contribution in [0.5, 0.6) is 0 Å². The molecule has 0 saturated heterocycles. The monoisotopic (exact) mass is 288 g/mol. The number of nitrogens with zero attached hydrogens (tertiary/aromatic N) is 3. The normalized spacial score (nSPS) is 12.1. The number of ether oxygens (including phenoxy) is 1. The van der Waals surface area contributed by atoms with Gasteiger partial charge in [-0.15, -0.1) is 0 Å². The van der Waals surface area contributed by atoms with E-state index in [2.05, 4.69) is 10.1 Å². The van der Waals surface area contributed by atoms with Crippen molar-refractivity contribution >= 4 is 11.7 Å². The van der Waals surface area contributed by atoms with Crippen LogP contribution in [0.25, 0.3) is 11.4 Å². The molecule has 0 aliphatic carbocycles. The van der Waals surface area contributed by atoms with Gasteiger partial charge in [-0.25, -0.2) is 14.5 Å². The average molecular weight is 288 g/mol. The molecule has 1 aromatic carbocycles. The zero-order valence-electron chi connectivity index (χ0n) is 12.3. The Kier molecular flexibility index (Phi) is 4.92. The summed E-state index contributed by atoms with van der Waals surface area (Å²) in [4.78, 5) is 16.3. The third-order valence-electron chi connectivity index (χ3n) is 3.12. The summed E-state index contributed by atoms with van der Waals surface area (Å²) in [6.07, 6.45) is 3.10. The lowest BCUT2D eigenvalue weighted by Crippen LogP contribution is -2.22. The summed E-state index contributed by atoms with van der Waals surface area (Å²) in [6, 6.07) is 6.88. The molecule has 0 spiro atoms. The molecule has 1 aromatic heterocycles. The van der Waals surface area contributed by atoms with Crippen molar-refractivity contribution in [3.05, 3.63) is 30.6 Å². The molecular formula is C15H20N4O2. The topological polar surface area (TPSA) is 83.0 Å². The highest BCUT2D eigenvalue weighted by molar-refractivity contribution is 5.74. The molecule has 0 aliphatic rings. The quantitative estimate of drug-likeness (QED) is 0.652. The Morgan fingerprint density at radius 3 is 2.67 bits per heavy atom. The minimum atomic E-state index is -0.426. The molecule has 6 nitrogen and oxygen atoms in total. The first kappa shape index (κ1) is 15.0. The zero-order chi connectivity index (χ0) is 15.2. The molecule has 2 N–H and O–H groups in total. The van der Waals surface area contributed by atoms with Gasteiger partial charge in [-0.3, -0.25) is 0 Å². The van der Waals surface area contributed by atoms with Gasteiger partial charge >= 0.3 is 5.97 Å². The molecule has 2 aromatic rings. The predicted octanol–water partition coefficient (Wildman–Crippen LogP) is 2.43. The number of rotatable bonds is 6. The highest BCUT2D eigenvalue weighted by atomic mass is 16.5. The van der Waals surface area contributed by atoms with E-state index in [9.17, 15) is 4.79 Å². The van der Waals surface area contributed by atoms with Gasteiger partial charge in [0.05, 0.1) is 6.61 Å². The van der Waals surface area contributed by atoms with Crippen molar-refractivity contribution in [1.82, 2.24) is 14.8 Å². The Hall–Kier alpha value is -2.37. The van der Waals surface area contributed by atoms with Gasteiger partial charge in [-0.2, -0.15) is 5.10 Å². The van der Waals surface area contributed by atoms with Crippen LogP contribution in [0, 0.1) is 0 Å². The Morgan fingerprint density at radius 2 is 2.05 bits per heavy atom. The standard InChI is InChI=1S/C15H20N4O2/c1-3-5-13(15(20)21-4-2)19-10-17-14(18-19)11-6-8-12(16)9-7-11/h6-10,13H,3-5,16H2,1-2H3. The smallest absolute Gasteiger partial charge is 0.330 e. The molecule has 21 heavy (non-hydrogen) atoms. The Morgan fingerprint density at radius 1 is 1.33 bits per heavy atom. The van der Waals surface area contributed by atoms with E-state index < -0.39 is 6.04 Å². The molecule has 1 heterocycles. The van der Waals surface area contributed by atoms with E-state index in [0.717, 1.165) is 12.0 Å². The van der Waals surface area contributed by atoms with Crippen molar-refractivity contribution in [2.24, 2.45) is 0 Å². The molecule has 0 saturated carbocycles. The SMILES string of the molecule is CCCC(C(=O)OCC)n1cnc(-c2ccc(N)cc2)n1. The summed E-state index contributed by atoms with van der Waals surface area (Å²) in [5.41, 5.74) is 7.22. The van der Waals surface area contributed by atoms with Gasteiger partial charge in [0.2, 0.25) is 0 Å². The molecule has 0 aliphatic heterocycles. The van der Waals surface area contributed by atoms with Crippen molar-refractivity contribution in [2.75, 3.05) is 12.3 Å². The van der Waals surface area contributed by atoms with Crippen LogP contribution < -0.4 is 5.73 Å². The molecule has 0 bridgehead atoms. The van der Waals surface area contributed by atoms with Crippen LogP contribution in [0.2, 0.25) is 0 Å². The fraction of sp³-hybridized carbons (Fsp3) is 0.400. The number of aromatic nitrogens is 3. The van der Waals surface area contributed by atoms with Gasteiger partial charge in [0.25, 0.3) is 0 Å². The highest BCUT2D eigenvalue weighted by Gasteiger charge is 2.22. The number of nitrogen functional groups attached to an aromatic ring is 1. The van der Waals surface area contributed by atoms with Crippen molar-refractivity contribution in [2.45, 2.75) is 32.7 Å². The predicted molar refractivity (Wildman–Crippen MR) is 80.4 cm³/mol. The third kappa shape index (κ3) is 3.59. The molecular weight excluding hydrogens is 268 g/mol. The Labute approximate surface area is 123 Å². The van der Waals surface area contributed by atoms with Gasteiger partial charge in [0.1, 0.15) is 6.33 Å². The molecule has 0 fully saturated rings. The lowest BCUT2D eigenvalue weighted by atomic mass is 10.2. The molecule has 0 radical (unpaired) electrons. The largest absolute Gasteiger partial charge is 0.464 e. The lowest BCUT2D eigenvalue weighted by molar-refractivity contribution is -0.147. The maximum absolute atomic E-state index is 12.0. The van der Waals surface area contributed by atoms with E-state index in [1.165, 1.54) is 0 Å². The fourth-order valence-electron chi connectivity index (χ4n) is 2.06. The first-order chi connectivity index (χ1) is 10.2. The summed E-state index contributed by atoms with van der Waals surface area (Å²) in [7, 11) is 0. The third-order valence-corrected chi connectivity index (χ3v) is 3.12. The summed E-state index contributed by atoms with van der Waals surface area (Å²) < 4.78 is 6.67. The number of benzene rings is 1. The average Bonchev–Trinajstić information content (AvgIpc) is 2.95. The van der Waals surface area contributed by atoms with Crippen LogP contribution in [-0.2, 0) is 9.53 Å². The second kappa shape index (κ2) is 6.88. The molecule has 112 valence electrons. The minimum Gasteiger partial charge on any atom is -0.464 e. The summed E-state index contributed by atoms with van der Waals surface area (Å²) >= 11 is 0. The van der Waals surface area contributed by atoms with Crippen LogP contribution in [0.3, 0.4) is 0 Å². The van der Waals surface area contributed by atoms with Gasteiger partial charge in [-0.05, 0) is 37.6 Å². The van der Waals surface area contributed by atoms with Crippen molar-refractivity contribution < 1.29 is 9.53 Å². The minimum absolute atomic E-state index is 0.270. The fourth-order valence-corrected chi connectivity index (χ4v) is 2.06. The molecule has 0 amide bonds. The maximum atomic E-state index is 12.0. The van der Waals surface area contributed by atoms with E-state index in [1.807, 2.05) is 19.1 Å². The second-order valence-electron chi connectivity index (χ2n) is 4.73. The molecule has 1 atom stereocenters. The number of esters is 1. The first-order valence-corrected chi connectivity index (χ1v) is 7.09. The van der Waals surface area contributed by atoms with Crippen LogP contribution in [0.1, 0.15) is 32.7 Å². The van der Waals surface area contributed by atoms with E-state index in [0.29, 0.717) is 24.5 Å². The van der Waals surface area contributed by atoms with Gasteiger partial charge in [0.15, 0.2) is 11.9 Å². The van der Waals surface area contributed by atoms with Gasteiger partial charge in [-0.1, -0.05) is 13.3 Å². The molecule has 1 unspecified atom stereocenters. The van der Waals surface area contributed by atoms with E-state index >= 15 is 0 Å².